The van der Waals surface area contributed by atoms with Crippen molar-refractivity contribution < 1.29 is 9.18 Å². The molecule has 19 heavy (non-hydrogen) atoms. The van der Waals surface area contributed by atoms with E-state index in [0.717, 1.165) is 24.6 Å². The lowest BCUT2D eigenvalue weighted by Gasteiger charge is -2.39. The summed E-state index contributed by atoms with van der Waals surface area (Å²) in [6.45, 7) is 2.21. The number of benzene rings is 1. The molecule has 0 heterocycles. The van der Waals surface area contributed by atoms with Crippen LogP contribution in [0.1, 0.15) is 43.0 Å². The van der Waals surface area contributed by atoms with Gasteiger partial charge in [-0.3, -0.25) is 4.79 Å². The Morgan fingerprint density at radius 3 is 3.00 bits per heavy atom. The molecule has 2 nitrogen and oxygen atoms in total. The lowest BCUT2D eigenvalue weighted by atomic mass is 9.77. The van der Waals surface area contributed by atoms with E-state index in [1.807, 2.05) is 0 Å². The average Bonchev–Trinajstić information content (AvgIpc) is 2.38. The first-order chi connectivity index (χ1) is 9.04. The van der Waals surface area contributed by atoms with E-state index in [-0.39, 0.29) is 17.3 Å². The molecule has 4 heteroatoms. The van der Waals surface area contributed by atoms with Crippen molar-refractivity contribution in [2.75, 3.05) is 5.33 Å². The Hall–Kier alpha value is -0.900. The van der Waals surface area contributed by atoms with Crippen LogP contribution < -0.4 is 5.32 Å². The zero-order chi connectivity index (χ0) is 13.9. The van der Waals surface area contributed by atoms with Crippen LogP contribution in [0.2, 0.25) is 0 Å². The third-order valence-electron chi connectivity index (χ3n) is 3.81. The van der Waals surface area contributed by atoms with E-state index in [1.165, 1.54) is 18.6 Å². The Kier molecular flexibility index (Phi) is 4.61. The van der Waals surface area contributed by atoms with Crippen molar-refractivity contribution in [2.45, 2.75) is 38.1 Å². The quantitative estimate of drug-likeness (QED) is 0.838. The molecule has 0 saturated heterocycles. The topological polar surface area (TPSA) is 29.1 Å². The molecule has 0 aromatic heterocycles. The van der Waals surface area contributed by atoms with Crippen molar-refractivity contribution in [3.05, 3.63) is 35.6 Å². The van der Waals surface area contributed by atoms with E-state index in [2.05, 4.69) is 28.2 Å². The number of carbonyl (C=O) groups excluding carboxylic acids is 1. The van der Waals surface area contributed by atoms with Crippen LogP contribution in [0.5, 0.6) is 0 Å². The van der Waals surface area contributed by atoms with Gasteiger partial charge in [-0.2, -0.15) is 0 Å². The Labute approximate surface area is 121 Å². The molecule has 0 radical (unpaired) electrons. The summed E-state index contributed by atoms with van der Waals surface area (Å²) < 4.78 is 13.2. The van der Waals surface area contributed by atoms with Crippen LogP contribution in [-0.2, 0) is 0 Å². The fourth-order valence-corrected chi connectivity index (χ4v) is 3.52. The van der Waals surface area contributed by atoms with Crippen LogP contribution in [0.15, 0.2) is 24.3 Å². The zero-order valence-electron chi connectivity index (χ0n) is 11.1. The lowest BCUT2D eigenvalue weighted by Crippen LogP contribution is -2.52. The van der Waals surface area contributed by atoms with Gasteiger partial charge in [0.15, 0.2) is 0 Å². The summed E-state index contributed by atoms with van der Waals surface area (Å²) in [5, 5.41) is 3.84. The molecule has 1 N–H and O–H groups in total. The number of nitrogens with one attached hydrogen (secondary N) is 1. The molecule has 2 unspecified atom stereocenters. The number of halogens is 2. The summed E-state index contributed by atoms with van der Waals surface area (Å²) in [5.41, 5.74) is 0.194. The Morgan fingerprint density at radius 1 is 1.58 bits per heavy atom. The molecular formula is C15H19BrFNO. The number of hydrogen-bond acceptors (Lipinski definition) is 1. The van der Waals surface area contributed by atoms with E-state index >= 15 is 0 Å². The maximum absolute atomic E-state index is 13.2. The molecule has 0 bridgehead atoms. The Morgan fingerprint density at radius 2 is 2.37 bits per heavy atom. The van der Waals surface area contributed by atoms with Crippen molar-refractivity contribution in [2.24, 2.45) is 5.92 Å². The third kappa shape index (κ3) is 3.56. The first-order valence-electron chi connectivity index (χ1n) is 6.69. The zero-order valence-corrected chi connectivity index (χ0v) is 12.7. The van der Waals surface area contributed by atoms with Crippen LogP contribution in [-0.4, -0.2) is 16.8 Å². The van der Waals surface area contributed by atoms with Gasteiger partial charge in [-0.1, -0.05) is 41.8 Å². The Bertz CT molecular complexity index is 465. The fourth-order valence-electron chi connectivity index (χ4n) is 2.87. The van der Waals surface area contributed by atoms with Gasteiger partial charge in [0.25, 0.3) is 5.91 Å². The minimum atomic E-state index is -0.377. The SMILES string of the molecule is CC1CCCC(CBr)(NC(=O)c2cccc(F)c2)C1. The Balaban J connectivity index is 2.12. The predicted molar refractivity (Wildman–Crippen MR) is 78.0 cm³/mol. The summed E-state index contributed by atoms with van der Waals surface area (Å²) in [7, 11) is 0. The van der Waals surface area contributed by atoms with Gasteiger partial charge in [0.05, 0.1) is 5.54 Å². The summed E-state index contributed by atoms with van der Waals surface area (Å²) in [4.78, 5) is 12.2. The average molecular weight is 328 g/mol. The van der Waals surface area contributed by atoms with Crippen LogP contribution in [0, 0.1) is 11.7 Å². The first kappa shape index (κ1) is 14.5. The molecule has 104 valence electrons. The van der Waals surface area contributed by atoms with Crippen LogP contribution in [0.3, 0.4) is 0 Å². The van der Waals surface area contributed by atoms with Crippen LogP contribution in [0.25, 0.3) is 0 Å². The van der Waals surface area contributed by atoms with Gasteiger partial charge < -0.3 is 5.32 Å². The first-order valence-corrected chi connectivity index (χ1v) is 7.81. The largest absolute Gasteiger partial charge is 0.346 e. The van der Waals surface area contributed by atoms with Gasteiger partial charge in [-0.15, -0.1) is 0 Å². The molecule has 1 aliphatic rings. The maximum Gasteiger partial charge on any atom is 0.251 e. The highest BCUT2D eigenvalue weighted by Crippen LogP contribution is 2.33. The molecule has 0 spiro atoms. The van der Waals surface area contributed by atoms with Crippen molar-refractivity contribution >= 4 is 21.8 Å². The van der Waals surface area contributed by atoms with E-state index in [9.17, 15) is 9.18 Å². The highest BCUT2D eigenvalue weighted by Gasteiger charge is 2.35. The van der Waals surface area contributed by atoms with Gasteiger partial charge >= 0.3 is 0 Å². The molecule has 2 rings (SSSR count). The number of hydrogen-bond donors (Lipinski definition) is 1. The van der Waals surface area contributed by atoms with Crippen LogP contribution in [0.4, 0.5) is 4.39 Å². The fraction of sp³-hybridized carbons (Fsp3) is 0.533. The second-order valence-electron chi connectivity index (χ2n) is 5.58. The minimum Gasteiger partial charge on any atom is -0.346 e. The smallest absolute Gasteiger partial charge is 0.251 e. The molecule has 0 aliphatic heterocycles. The molecule has 1 aromatic carbocycles. The molecular weight excluding hydrogens is 309 g/mol. The predicted octanol–water partition coefficient (Wildman–Crippen LogP) is 3.90. The highest BCUT2D eigenvalue weighted by molar-refractivity contribution is 9.09. The van der Waals surface area contributed by atoms with Gasteiger partial charge in [0.1, 0.15) is 5.82 Å². The van der Waals surface area contributed by atoms with Crippen molar-refractivity contribution in [3.8, 4) is 0 Å². The van der Waals surface area contributed by atoms with Crippen LogP contribution >= 0.6 is 15.9 Å². The molecule has 1 saturated carbocycles. The number of carbonyl (C=O) groups is 1. The minimum absolute atomic E-state index is 0.187. The molecule has 1 fully saturated rings. The van der Waals surface area contributed by atoms with Gasteiger partial charge in [0.2, 0.25) is 0 Å². The summed E-state index contributed by atoms with van der Waals surface area (Å²) in [5.74, 6) is 0.0460. The third-order valence-corrected chi connectivity index (χ3v) is 4.89. The molecule has 1 aliphatic carbocycles. The maximum atomic E-state index is 13.2. The number of rotatable bonds is 3. The van der Waals surface area contributed by atoms with E-state index in [0.29, 0.717) is 11.5 Å². The highest BCUT2D eigenvalue weighted by atomic mass is 79.9. The summed E-state index contributed by atoms with van der Waals surface area (Å²) in [6, 6.07) is 5.84. The summed E-state index contributed by atoms with van der Waals surface area (Å²) >= 11 is 3.52. The van der Waals surface area contributed by atoms with Crippen molar-refractivity contribution in [1.82, 2.24) is 5.32 Å². The number of amides is 1. The molecule has 1 amide bonds. The van der Waals surface area contributed by atoms with E-state index < -0.39 is 0 Å². The second-order valence-corrected chi connectivity index (χ2v) is 6.14. The number of alkyl halides is 1. The van der Waals surface area contributed by atoms with Gasteiger partial charge in [-0.25, -0.2) is 4.39 Å². The second kappa shape index (κ2) is 6.04. The van der Waals surface area contributed by atoms with Gasteiger partial charge in [0, 0.05) is 10.9 Å². The lowest BCUT2D eigenvalue weighted by molar-refractivity contribution is 0.0869. The van der Waals surface area contributed by atoms with Crippen molar-refractivity contribution in [3.63, 3.8) is 0 Å². The summed E-state index contributed by atoms with van der Waals surface area (Å²) in [6.07, 6.45) is 4.28. The van der Waals surface area contributed by atoms with E-state index in [4.69, 9.17) is 0 Å². The standard InChI is InChI=1S/C15H19BrFNO/c1-11-4-3-7-15(9-11,10-16)18-14(19)12-5-2-6-13(17)8-12/h2,5-6,8,11H,3-4,7,9-10H2,1H3,(H,18,19). The normalized spacial score (nSPS) is 27.0. The van der Waals surface area contributed by atoms with Gasteiger partial charge in [-0.05, 0) is 37.0 Å². The molecule has 2 atom stereocenters. The van der Waals surface area contributed by atoms with Crippen molar-refractivity contribution in [1.29, 1.82) is 0 Å². The molecule has 1 aromatic rings. The monoisotopic (exact) mass is 327 g/mol. The van der Waals surface area contributed by atoms with E-state index in [1.54, 1.807) is 12.1 Å².